The van der Waals surface area contributed by atoms with Gasteiger partial charge in [0.2, 0.25) is 0 Å². The number of esters is 1. The van der Waals surface area contributed by atoms with E-state index < -0.39 is 23.8 Å². The van der Waals surface area contributed by atoms with Crippen molar-refractivity contribution in [3.8, 4) is 0 Å². The molecular formula is C11H12ClF3N2O2. The quantitative estimate of drug-likeness (QED) is 0.660. The van der Waals surface area contributed by atoms with E-state index in [9.17, 15) is 18.0 Å². The Labute approximate surface area is 112 Å². The average Bonchev–Trinajstić information content (AvgIpc) is 2.32. The largest absolute Gasteiger partial charge is 0.468 e. The zero-order chi connectivity index (χ0) is 14.8. The molecule has 0 bridgehead atoms. The number of methoxy groups -OCH3 is 1. The van der Waals surface area contributed by atoms with E-state index in [0.717, 1.165) is 19.2 Å². The van der Waals surface area contributed by atoms with Gasteiger partial charge in [0.25, 0.3) is 0 Å². The third kappa shape index (κ3) is 3.74. The van der Waals surface area contributed by atoms with E-state index in [0.29, 0.717) is 0 Å². The van der Waals surface area contributed by atoms with Gasteiger partial charge in [-0.15, -0.1) is 0 Å². The van der Waals surface area contributed by atoms with Crippen LogP contribution in [0.1, 0.15) is 11.1 Å². The van der Waals surface area contributed by atoms with Crippen LogP contribution in [0.2, 0.25) is 5.02 Å². The molecule has 1 aromatic rings. The van der Waals surface area contributed by atoms with Crippen LogP contribution in [0.25, 0.3) is 0 Å². The molecule has 4 nitrogen and oxygen atoms in total. The number of nitrogens with two attached hydrogens (primary N) is 2. The van der Waals surface area contributed by atoms with Crippen molar-refractivity contribution in [1.29, 1.82) is 0 Å². The van der Waals surface area contributed by atoms with Gasteiger partial charge in [0.05, 0.1) is 23.4 Å². The summed E-state index contributed by atoms with van der Waals surface area (Å²) < 4.78 is 42.3. The molecule has 0 fully saturated rings. The second-order valence-corrected chi connectivity index (χ2v) is 4.27. The van der Waals surface area contributed by atoms with Gasteiger partial charge < -0.3 is 16.2 Å². The smallest absolute Gasteiger partial charge is 0.416 e. The molecule has 0 saturated heterocycles. The first-order valence-corrected chi connectivity index (χ1v) is 5.53. The van der Waals surface area contributed by atoms with Crippen molar-refractivity contribution in [2.24, 2.45) is 5.73 Å². The van der Waals surface area contributed by atoms with Crippen molar-refractivity contribution in [2.75, 3.05) is 12.8 Å². The first-order valence-electron chi connectivity index (χ1n) is 5.15. The highest BCUT2D eigenvalue weighted by atomic mass is 35.5. The number of hydrogen-bond acceptors (Lipinski definition) is 4. The van der Waals surface area contributed by atoms with Crippen LogP contribution in [0, 0.1) is 0 Å². The summed E-state index contributed by atoms with van der Waals surface area (Å²) in [5.74, 6) is -0.743. The lowest BCUT2D eigenvalue weighted by Gasteiger charge is -2.15. The molecule has 0 radical (unpaired) electrons. The molecule has 0 aliphatic heterocycles. The molecule has 1 aromatic carbocycles. The number of carbonyl (C=O) groups is 1. The topological polar surface area (TPSA) is 78.3 Å². The van der Waals surface area contributed by atoms with Gasteiger partial charge >= 0.3 is 12.1 Å². The van der Waals surface area contributed by atoms with Crippen LogP contribution in [0.3, 0.4) is 0 Å². The standard InChI is InChI=1S/C11H12ClF3N2O2/c1-19-10(18)8(16)3-5-2-6(11(13,14)15)4-7(12)9(5)17/h2,4,8H,3,16-17H2,1H3/t8-/m1/s1. The van der Waals surface area contributed by atoms with Crippen molar-refractivity contribution in [1.82, 2.24) is 0 Å². The molecule has 0 aromatic heterocycles. The summed E-state index contributed by atoms with van der Waals surface area (Å²) in [6, 6.07) is 0.445. The number of alkyl halides is 3. The van der Waals surface area contributed by atoms with E-state index >= 15 is 0 Å². The molecule has 0 aliphatic carbocycles. The maximum Gasteiger partial charge on any atom is 0.416 e. The Morgan fingerprint density at radius 1 is 1.47 bits per heavy atom. The first-order chi connectivity index (χ1) is 8.66. The summed E-state index contributed by atoms with van der Waals surface area (Å²) in [6.45, 7) is 0. The summed E-state index contributed by atoms with van der Waals surface area (Å²) in [6.07, 6.45) is -4.75. The number of benzene rings is 1. The lowest BCUT2D eigenvalue weighted by molar-refractivity contribution is -0.142. The van der Waals surface area contributed by atoms with Crippen molar-refractivity contribution in [3.63, 3.8) is 0 Å². The van der Waals surface area contributed by atoms with Gasteiger partial charge in [-0.3, -0.25) is 4.79 Å². The predicted octanol–water partition coefficient (Wildman–Crippen LogP) is 1.98. The molecule has 4 N–H and O–H groups in total. The number of anilines is 1. The van der Waals surface area contributed by atoms with E-state index in [4.69, 9.17) is 23.1 Å². The van der Waals surface area contributed by atoms with Crippen LogP contribution in [-0.4, -0.2) is 19.1 Å². The second-order valence-electron chi connectivity index (χ2n) is 3.86. The summed E-state index contributed by atoms with van der Waals surface area (Å²) in [7, 11) is 1.13. The Morgan fingerprint density at radius 3 is 2.53 bits per heavy atom. The lowest BCUT2D eigenvalue weighted by atomic mass is 10.0. The fraction of sp³-hybridized carbons (Fsp3) is 0.364. The maximum atomic E-state index is 12.6. The molecule has 106 valence electrons. The Bertz CT molecular complexity index is 492. The fourth-order valence-electron chi connectivity index (χ4n) is 1.48. The number of halogens is 4. The van der Waals surface area contributed by atoms with Crippen LogP contribution in [-0.2, 0) is 22.1 Å². The van der Waals surface area contributed by atoms with Crippen molar-refractivity contribution >= 4 is 23.3 Å². The summed E-state index contributed by atoms with van der Waals surface area (Å²) in [5.41, 5.74) is 10.1. The molecule has 1 atom stereocenters. The summed E-state index contributed by atoms with van der Waals surface area (Å²) in [5, 5.41) is -0.234. The second kappa shape index (κ2) is 5.66. The number of carbonyl (C=O) groups excluding carboxylic acids is 1. The molecule has 0 saturated carbocycles. The number of hydrogen-bond donors (Lipinski definition) is 2. The summed E-state index contributed by atoms with van der Waals surface area (Å²) >= 11 is 5.64. The van der Waals surface area contributed by atoms with Gasteiger partial charge in [0.15, 0.2) is 0 Å². The highest BCUT2D eigenvalue weighted by Crippen LogP contribution is 2.35. The van der Waals surface area contributed by atoms with Crippen LogP contribution in [0.4, 0.5) is 18.9 Å². The molecule has 8 heteroatoms. The Balaban J connectivity index is 3.13. The van der Waals surface area contributed by atoms with E-state index in [1.165, 1.54) is 0 Å². The Kier molecular flexibility index (Phi) is 4.65. The van der Waals surface area contributed by atoms with Crippen molar-refractivity contribution in [2.45, 2.75) is 18.6 Å². The highest BCUT2D eigenvalue weighted by Gasteiger charge is 2.32. The van der Waals surface area contributed by atoms with Crippen LogP contribution >= 0.6 is 11.6 Å². The normalized spacial score (nSPS) is 13.2. The SMILES string of the molecule is COC(=O)[C@H](N)Cc1cc(C(F)(F)F)cc(Cl)c1N. The Morgan fingerprint density at radius 2 is 2.05 bits per heavy atom. The number of rotatable bonds is 3. The molecular weight excluding hydrogens is 285 g/mol. The zero-order valence-corrected chi connectivity index (χ0v) is 10.7. The lowest BCUT2D eigenvalue weighted by Crippen LogP contribution is -2.34. The molecule has 0 unspecified atom stereocenters. The number of ether oxygens (including phenoxy) is 1. The third-order valence-corrected chi connectivity index (χ3v) is 2.80. The molecule has 0 amide bonds. The molecule has 19 heavy (non-hydrogen) atoms. The molecule has 0 aliphatic rings. The fourth-order valence-corrected chi connectivity index (χ4v) is 1.72. The monoisotopic (exact) mass is 296 g/mol. The summed E-state index contributed by atoms with van der Waals surface area (Å²) in [4.78, 5) is 11.2. The minimum atomic E-state index is -4.55. The van der Waals surface area contributed by atoms with Gasteiger partial charge in [-0.25, -0.2) is 0 Å². The van der Waals surface area contributed by atoms with Crippen molar-refractivity contribution in [3.05, 3.63) is 28.3 Å². The Hall–Kier alpha value is -1.47. The van der Waals surface area contributed by atoms with Gasteiger partial charge in [0.1, 0.15) is 6.04 Å². The first kappa shape index (κ1) is 15.6. The van der Waals surface area contributed by atoms with Crippen LogP contribution in [0.5, 0.6) is 0 Å². The van der Waals surface area contributed by atoms with E-state index in [1.807, 2.05) is 0 Å². The predicted molar refractivity (Wildman–Crippen MR) is 64.6 cm³/mol. The van der Waals surface area contributed by atoms with Crippen LogP contribution < -0.4 is 11.5 Å². The van der Waals surface area contributed by atoms with Gasteiger partial charge in [-0.05, 0) is 17.7 Å². The van der Waals surface area contributed by atoms with Crippen LogP contribution in [0.15, 0.2) is 12.1 Å². The van der Waals surface area contributed by atoms with Gasteiger partial charge in [0, 0.05) is 6.42 Å². The maximum absolute atomic E-state index is 12.6. The average molecular weight is 297 g/mol. The van der Waals surface area contributed by atoms with Crippen molar-refractivity contribution < 1.29 is 22.7 Å². The third-order valence-electron chi connectivity index (χ3n) is 2.49. The molecule has 0 heterocycles. The van der Waals surface area contributed by atoms with E-state index in [2.05, 4.69) is 4.74 Å². The minimum absolute atomic E-state index is 0.0333. The van der Waals surface area contributed by atoms with E-state index in [1.54, 1.807) is 0 Å². The van der Waals surface area contributed by atoms with Gasteiger partial charge in [-0.1, -0.05) is 11.6 Å². The zero-order valence-electron chi connectivity index (χ0n) is 9.92. The van der Waals surface area contributed by atoms with Gasteiger partial charge in [-0.2, -0.15) is 13.2 Å². The minimum Gasteiger partial charge on any atom is -0.468 e. The van der Waals surface area contributed by atoms with E-state index in [-0.39, 0.29) is 22.7 Å². The molecule has 1 rings (SSSR count). The molecule has 0 spiro atoms. The highest BCUT2D eigenvalue weighted by molar-refractivity contribution is 6.33. The number of nitrogen functional groups attached to an aromatic ring is 1.